The van der Waals surface area contributed by atoms with Gasteiger partial charge in [-0.15, -0.1) is 0 Å². The Kier molecular flexibility index (Phi) is 5.92. The van der Waals surface area contributed by atoms with E-state index in [9.17, 15) is 0 Å². The van der Waals surface area contributed by atoms with Crippen molar-refractivity contribution in [2.24, 2.45) is 17.8 Å². The molecule has 0 aliphatic heterocycles. The summed E-state index contributed by atoms with van der Waals surface area (Å²) in [6.07, 6.45) is 5.23. The second-order valence-corrected chi connectivity index (χ2v) is 6.95. The Morgan fingerprint density at radius 3 is 2.45 bits per heavy atom. The number of rotatable bonds is 5. The smallest absolute Gasteiger partial charge is 0.0406 e. The van der Waals surface area contributed by atoms with Crippen molar-refractivity contribution in [2.45, 2.75) is 52.5 Å². The molecule has 0 saturated heterocycles. The van der Waals surface area contributed by atoms with Crippen molar-refractivity contribution in [3.05, 3.63) is 34.9 Å². The maximum atomic E-state index is 6.03. The van der Waals surface area contributed by atoms with Crippen LogP contribution in [0, 0.1) is 17.8 Å². The molecule has 0 spiro atoms. The first-order valence-electron chi connectivity index (χ1n) is 8.10. The van der Waals surface area contributed by atoms with Crippen LogP contribution in [-0.4, -0.2) is 6.54 Å². The second kappa shape index (κ2) is 7.47. The third kappa shape index (κ3) is 3.99. The van der Waals surface area contributed by atoms with E-state index in [1.165, 1.54) is 31.2 Å². The van der Waals surface area contributed by atoms with E-state index in [2.05, 4.69) is 38.2 Å². The predicted octanol–water partition coefficient (Wildman–Crippen LogP) is 5.45. The summed E-state index contributed by atoms with van der Waals surface area (Å²) in [6.45, 7) is 8.14. The molecule has 1 saturated carbocycles. The van der Waals surface area contributed by atoms with Gasteiger partial charge in [-0.3, -0.25) is 0 Å². The van der Waals surface area contributed by atoms with Crippen LogP contribution in [0.4, 0.5) is 0 Å². The molecule has 0 bridgehead atoms. The fraction of sp³-hybridized carbons (Fsp3) is 0.667. The molecule has 20 heavy (non-hydrogen) atoms. The number of benzene rings is 1. The average Bonchev–Trinajstić information content (AvgIpc) is 2.45. The van der Waals surface area contributed by atoms with Crippen molar-refractivity contribution >= 4 is 11.6 Å². The summed E-state index contributed by atoms with van der Waals surface area (Å²) < 4.78 is 0. The highest BCUT2D eigenvalue weighted by atomic mass is 35.5. The summed E-state index contributed by atoms with van der Waals surface area (Å²) in [5, 5.41) is 4.59. The normalized spacial score (nSPS) is 28.3. The topological polar surface area (TPSA) is 12.0 Å². The summed E-state index contributed by atoms with van der Waals surface area (Å²) in [4.78, 5) is 0. The van der Waals surface area contributed by atoms with Crippen molar-refractivity contribution in [1.29, 1.82) is 0 Å². The van der Waals surface area contributed by atoms with Crippen LogP contribution < -0.4 is 5.32 Å². The van der Waals surface area contributed by atoms with Gasteiger partial charge in [0.05, 0.1) is 0 Å². The fourth-order valence-electron chi connectivity index (χ4n) is 3.42. The van der Waals surface area contributed by atoms with Crippen LogP contribution in [-0.2, 0) is 0 Å². The zero-order chi connectivity index (χ0) is 14.5. The van der Waals surface area contributed by atoms with Crippen LogP contribution in [0.3, 0.4) is 0 Å². The zero-order valence-corrected chi connectivity index (χ0v) is 13.8. The molecule has 2 rings (SSSR count). The summed E-state index contributed by atoms with van der Waals surface area (Å²) in [6, 6.07) is 8.91. The molecular formula is C18H28ClN. The molecule has 2 heteroatoms. The number of nitrogens with one attached hydrogen (secondary N) is 1. The van der Waals surface area contributed by atoms with E-state index < -0.39 is 0 Å². The van der Waals surface area contributed by atoms with Gasteiger partial charge in [0.15, 0.2) is 0 Å². The summed E-state index contributed by atoms with van der Waals surface area (Å²) in [5.41, 5.74) is 1.40. The second-order valence-electron chi connectivity index (χ2n) is 6.51. The van der Waals surface area contributed by atoms with E-state index >= 15 is 0 Å². The van der Waals surface area contributed by atoms with Crippen molar-refractivity contribution < 1.29 is 0 Å². The van der Waals surface area contributed by atoms with E-state index in [0.29, 0.717) is 6.04 Å². The van der Waals surface area contributed by atoms with Crippen molar-refractivity contribution in [3.8, 4) is 0 Å². The summed E-state index contributed by atoms with van der Waals surface area (Å²) in [5.74, 6) is 2.48. The molecule has 0 heterocycles. The minimum Gasteiger partial charge on any atom is -0.310 e. The molecule has 1 N–H and O–H groups in total. The number of halogens is 1. The molecule has 1 aliphatic carbocycles. The number of hydrogen-bond acceptors (Lipinski definition) is 1. The molecule has 4 unspecified atom stereocenters. The Morgan fingerprint density at radius 1 is 1.15 bits per heavy atom. The third-order valence-electron chi connectivity index (χ3n) is 4.95. The first-order chi connectivity index (χ1) is 9.61. The van der Waals surface area contributed by atoms with Crippen LogP contribution in [0.25, 0.3) is 0 Å². The zero-order valence-electron chi connectivity index (χ0n) is 13.0. The van der Waals surface area contributed by atoms with E-state index in [-0.39, 0.29) is 0 Å². The quantitative estimate of drug-likeness (QED) is 0.761. The Labute approximate surface area is 129 Å². The first-order valence-corrected chi connectivity index (χ1v) is 8.48. The van der Waals surface area contributed by atoms with Gasteiger partial charge in [-0.2, -0.15) is 0 Å². The lowest BCUT2D eigenvalue weighted by Gasteiger charge is -2.37. The van der Waals surface area contributed by atoms with Gasteiger partial charge in [-0.1, -0.05) is 50.9 Å². The lowest BCUT2D eigenvalue weighted by atomic mass is 9.72. The molecule has 112 valence electrons. The highest BCUT2D eigenvalue weighted by Gasteiger charge is 2.30. The SMILES string of the molecule is CCCNC(c1ccc(Cl)cc1)C1CCC(C)C(C)C1. The highest BCUT2D eigenvalue weighted by Crippen LogP contribution is 2.40. The third-order valence-corrected chi connectivity index (χ3v) is 5.21. The van der Waals surface area contributed by atoms with Gasteiger partial charge >= 0.3 is 0 Å². The van der Waals surface area contributed by atoms with Crippen LogP contribution in [0.1, 0.15) is 58.1 Å². The standard InChI is InChI=1S/C18H28ClN/c1-4-11-20-18(15-7-9-17(19)10-8-15)16-6-5-13(2)14(3)12-16/h7-10,13-14,16,18,20H,4-6,11-12H2,1-3H3. The van der Waals surface area contributed by atoms with Crippen molar-refractivity contribution in [2.75, 3.05) is 6.54 Å². The largest absolute Gasteiger partial charge is 0.310 e. The van der Waals surface area contributed by atoms with E-state index in [1.54, 1.807) is 0 Å². The summed E-state index contributed by atoms with van der Waals surface area (Å²) in [7, 11) is 0. The van der Waals surface area contributed by atoms with Crippen molar-refractivity contribution in [3.63, 3.8) is 0 Å². The van der Waals surface area contributed by atoms with Crippen LogP contribution >= 0.6 is 11.6 Å². The molecular weight excluding hydrogens is 266 g/mol. The van der Waals surface area contributed by atoms with Gasteiger partial charge in [-0.05, 0) is 61.3 Å². The predicted molar refractivity (Wildman–Crippen MR) is 88.2 cm³/mol. The van der Waals surface area contributed by atoms with Gasteiger partial charge in [-0.25, -0.2) is 0 Å². The molecule has 0 radical (unpaired) electrons. The molecule has 0 amide bonds. The minimum absolute atomic E-state index is 0.488. The van der Waals surface area contributed by atoms with Crippen LogP contribution in [0.15, 0.2) is 24.3 Å². The average molecular weight is 294 g/mol. The summed E-state index contributed by atoms with van der Waals surface area (Å²) >= 11 is 6.03. The maximum absolute atomic E-state index is 6.03. The molecule has 0 aromatic heterocycles. The molecule has 1 fully saturated rings. The van der Waals surface area contributed by atoms with Crippen LogP contribution in [0.5, 0.6) is 0 Å². The van der Waals surface area contributed by atoms with Gasteiger partial charge in [0.25, 0.3) is 0 Å². The Morgan fingerprint density at radius 2 is 1.85 bits per heavy atom. The van der Waals surface area contributed by atoms with Crippen molar-refractivity contribution in [1.82, 2.24) is 5.32 Å². The lowest BCUT2D eigenvalue weighted by molar-refractivity contribution is 0.171. The molecule has 4 atom stereocenters. The molecule has 1 aromatic rings. The van der Waals surface area contributed by atoms with E-state index in [0.717, 1.165) is 29.3 Å². The molecule has 1 aliphatic rings. The van der Waals surface area contributed by atoms with E-state index in [1.807, 2.05) is 12.1 Å². The van der Waals surface area contributed by atoms with Gasteiger partial charge in [0.1, 0.15) is 0 Å². The molecule has 1 aromatic carbocycles. The maximum Gasteiger partial charge on any atom is 0.0406 e. The monoisotopic (exact) mass is 293 g/mol. The fourth-order valence-corrected chi connectivity index (χ4v) is 3.54. The Balaban J connectivity index is 2.12. The molecule has 1 nitrogen and oxygen atoms in total. The first kappa shape index (κ1) is 15.9. The van der Waals surface area contributed by atoms with E-state index in [4.69, 9.17) is 11.6 Å². The van der Waals surface area contributed by atoms with Gasteiger partial charge in [0.2, 0.25) is 0 Å². The minimum atomic E-state index is 0.488. The van der Waals surface area contributed by atoms with Crippen LogP contribution in [0.2, 0.25) is 5.02 Å². The Hall–Kier alpha value is -0.530. The number of hydrogen-bond donors (Lipinski definition) is 1. The highest BCUT2D eigenvalue weighted by molar-refractivity contribution is 6.30. The van der Waals surface area contributed by atoms with Gasteiger partial charge in [0, 0.05) is 11.1 Å². The lowest BCUT2D eigenvalue weighted by Crippen LogP contribution is -2.33. The Bertz CT molecular complexity index is 400. The van der Waals surface area contributed by atoms with Gasteiger partial charge < -0.3 is 5.32 Å².